The third-order valence-electron chi connectivity index (χ3n) is 2.80. The van der Waals surface area contributed by atoms with Crippen LogP contribution in [0.5, 0.6) is 0 Å². The molecule has 0 saturated heterocycles. The van der Waals surface area contributed by atoms with E-state index in [1.54, 1.807) is 18.9 Å². The van der Waals surface area contributed by atoms with Gasteiger partial charge in [-0.2, -0.15) is 0 Å². The van der Waals surface area contributed by atoms with E-state index in [1.807, 2.05) is 6.92 Å². The molecule has 0 aromatic rings. The van der Waals surface area contributed by atoms with Crippen LogP contribution in [0.15, 0.2) is 4.99 Å². The molecule has 1 rings (SSSR count). The Balaban J connectivity index is 2.36. The van der Waals surface area contributed by atoms with E-state index in [9.17, 15) is 4.79 Å². The van der Waals surface area contributed by atoms with E-state index < -0.39 is 0 Å². The fourth-order valence-corrected chi connectivity index (χ4v) is 2.68. The van der Waals surface area contributed by atoms with Gasteiger partial charge in [0.05, 0.1) is 12.6 Å². The summed E-state index contributed by atoms with van der Waals surface area (Å²) in [5, 5.41) is 6.87. The minimum Gasteiger partial charge on any atom is -0.383 e. The number of rotatable bonds is 6. The predicted octanol–water partition coefficient (Wildman–Crippen LogP) is 0.999. The second-order valence-corrected chi connectivity index (χ2v) is 5.37. The van der Waals surface area contributed by atoms with E-state index in [4.69, 9.17) is 4.74 Å². The third kappa shape index (κ3) is 5.27. The number of nitrogens with one attached hydrogen (secondary N) is 2. The summed E-state index contributed by atoms with van der Waals surface area (Å²) in [5.74, 6) is 1.05. The van der Waals surface area contributed by atoms with Crippen molar-refractivity contribution in [3.05, 3.63) is 0 Å². The number of ether oxygens (including phenoxy) is 1. The molecular weight excluding hydrogens is 250 g/mol. The average molecular weight is 273 g/mol. The number of amidine groups is 1. The number of nitrogens with zero attached hydrogens (tertiary/aromatic N) is 1. The summed E-state index contributed by atoms with van der Waals surface area (Å²) in [5.41, 5.74) is 0. The summed E-state index contributed by atoms with van der Waals surface area (Å²) in [4.78, 5) is 16.3. The van der Waals surface area contributed by atoms with Crippen LogP contribution in [-0.4, -0.2) is 49.2 Å². The maximum absolute atomic E-state index is 11.7. The zero-order valence-electron chi connectivity index (χ0n) is 11.4. The molecule has 0 fully saturated rings. The van der Waals surface area contributed by atoms with Gasteiger partial charge in [0, 0.05) is 19.4 Å². The van der Waals surface area contributed by atoms with E-state index in [-0.39, 0.29) is 11.9 Å². The predicted molar refractivity (Wildman–Crippen MR) is 76.1 cm³/mol. The lowest BCUT2D eigenvalue weighted by Gasteiger charge is -2.22. The van der Waals surface area contributed by atoms with E-state index in [0.717, 1.165) is 23.8 Å². The van der Waals surface area contributed by atoms with Crippen LogP contribution in [0.2, 0.25) is 0 Å². The number of methoxy groups -OCH3 is 1. The van der Waals surface area contributed by atoms with Gasteiger partial charge in [0.2, 0.25) is 5.91 Å². The van der Waals surface area contributed by atoms with Gasteiger partial charge in [-0.05, 0) is 19.8 Å². The monoisotopic (exact) mass is 273 g/mol. The highest BCUT2D eigenvalue weighted by Crippen LogP contribution is 2.18. The fraction of sp³-hybridized carbons (Fsp3) is 0.833. The molecule has 1 aliphatic rings. The molecule has 0 spiro atoms. The second-order valence-electron chi connectivity index (χ2n) is 4.28. The first kappa shape index (κ1) is 15.3. The van der Waals surface area contributed by atoms with Gasteiger partial charge >= 0.3 is 0 Å². The highest BCUT2D eigenvalue weighted by molar-refractivity contribution is 8.13. The zero-order chi connectivity index (χ0) is 13.4. The van der Waals surface area contributed by atoms with Crippen LogP contribution in [0.4, 0.5) is 0 Å². The van der Waals surface area contributed by atoms with Gasteiger partial charge < -0.3 is 15.4 Å². The first-order chi connectivity index (χ1) is 8.67. The second kappa shape index (κ2) is 8.37. The molecule has 2 N–H and O–H groups in total. The molecule has 2 unspecified atom stereocenters. The highest BCUT2D eigenvalue weighted by atomic mass is 32.2. The van der Waals surface area contributed by atoms with Crippen molar-refractivity contribution in [1.29, 1.82) is 0 Å². The summed E-state index contributed by atoms with van der Waals surface area (Å²) >= 11 is 1.69. The van der Waals surface area contributed by atoms with Crippen molar-refractivity contribution >= 4 is 22.8 Å². The molecule has 6 heteroatoms. The smallest absolute Gasteiger partial charge is 0.242 e. The van der Waals surface area contributed by atoms with Crippen LogP contribution < -0.4 is 10.6 Å². The fourth-order valence-electron chi connectivity index (χ4n) is 1.61. The van der Waals surface area contributed by atoms with E-state index in [2.05, 4.69) is 22.5 Å². The van der Waals surface area contributed by atoms with Crippen LogP contribution in [0, 0.1) is 0 Å². The molecule has 0 saturated carbocycles. The molecule has 1 amide bonds. The number of amides is 1. The molecule has 1 heterocycles. The number of aliphatic imine (C=N–C) groups is 1. The van der Waals surface area contributed by atoms with Crippen LogP contribution >= 0.6 is 11.8 Å². The summed E-state index contributed by atoms with van der Waals surface area (Å²) in [6, 6.07) is 0.140. The van der Waals surface area contributed by atoms with Crippen molar-refractivity contribution in [2.24, 2.45) is 4.99 Å². The van der Waals surface area contributed by atoms with Gasteiger partial charge in [0.15, 0.2) is 5.17 Å². The minimum atomic E-state index is -0.260. The van der Waals surface area contributed by atoms with Crippen molar-refractivity contribution in [2.45, 2.75) is 38.8 Å². The summed E-state index contributed by atoms with van der Waals surface area (Å²) in [7, 11) is 1.62. The van der Waals surface area contributed by atoms with E-state index in [0.29, 0.717) is 19.2 Å². The molecule has 18 heavy (non-hydrogen) atoms. The lowest BCUT2D eigenvalue weighted by atomic mass is 10.2. The number of hydrogen-bond acceptors (Lipinski definition) is 5. The van der Waals surface area contributed by atoms with Gasteiger partial charge in [-0.3, -0.25) is 9.79 Å². The maximum Gasteiger partial charge on any atom is 0.242 e. The van der Waals surface area contributed by atoms with Gasteiger partial charge in [-0.15, -0.1) is 0 Å². The van der Waals surface area contributed by atoms with Crippen LogP contribution in [0.25, 0.3) is 0 Å². The molecule has 0 aliphatic carbocycles. The van der Waals surface area contributed by atoms with E-state index >= 15 is 0 Å². The largest absolute Gasteiger partial charge is 0.383 e. The normalized spacial score (nSPS) is 21.1. The Kier molecular flexibility index (Phi) is 7.12. The summed E-state index contributed by atoms with van der Waals surface area (Å²) < 4.78 is 4.89. The Morgan fingerprint density at radius 1 is 1.67 bits per heavy atom. The Morgan fingerprint density at radius 2 is 2.44 bits per heavy atom. The highest BCUT2D eigenvalue weighted by Gasteiger charge is 2.18. The SMILES string of the molecule is CCC1CCSC(NC(C)C(=O)NCCOC)=N1. The van der Waals surface area contributed by atoms with E-state index in [1.165, 1.54) is 0 Å². The third-order valence-corrected chi connectivity index (χ3v) is 3.74. The molecule has 0 radical (unpaired) electrons. The van der Waals surface area contributed by atoms with Crippen molar-refractivity contribution in [2.75, 3.05) is 26.0 Å². The van der Waals surface area contributed by atoms with Crippen molar-refractivity contribution in [1.82, 2.24) is 10.6 Å². The molecule has 2 atom stereocenters. The minimum absolute atomic E-state index is 0.0195. The Bertz CT molecular complexity index is 297. The Hall–Kier alpha value is -0.750. The number of carbonyl (C=O) groups is 1. The first-order valence-corrected chi connectivity index (χ1v) is 7.39. The quantitative estimate of drug-likeness (QED) is 0.709. The lowest BCUT2D eigenvalue weighted by Crippen LogP contribution is -2.45. The van der Waals surface area contributed by atoms with Gasteiger partial charge in [-0.1, -0.05) is 18.7 Å². The number of carbonyl (C=O) groups excluding carboxylic acids is 1. The van der Waals surface area contributed by atoms with Crippen LogP contribution in [0.3, 0.4) is 0 Å². The van der Waals surface area contributed by atoms with Gasteiger partial charge in [0.1, 0.15) is 6.04 Å². The Labute approximate surface area is 113 Å². The summed E-state index contributed by atoms with van der Waals surface area (Å²) in [6.45, 7) is 5.06. The Morgan fingerprint density at radius 3 is 3.11 bits per heavy atom. The number of thioether (sulfide) groups is 1. The average Bonchev–Trinajstić information content (AvgIpc) is 2.39. The first-order valence-electron chi connectivity index (χ1n) is 6.41. The van der Waals surface area contributed by atoms with Crippen LogP contribution in [0.1, 0.15) is 26.7 Å². The standard InChI is InChI=1S/C12H23N3O2S/c1-4-10-5-8-18-12(15-10)14-9(2)11(16)13-6-7-17-3/h9-10H,4-8H2,1-3H3,(H,13,16)(H,14,15). The van der Waals surface area contributed by atoms with Crippen LogP contribution in [-0.2, 0) is 9.53 Å². The molecule has 104 valence electrons. The molecule has 0 bridgehead atoms. The van der Waals surface area contributed by atoms with Crippen molar-refractivity contribution in [3.8, 4) is 0 Å². The molecule has 0 aromatic heterocycles. The molecule has 5 nitrogen and oxygen atoms in total. The topological polar surface area (TPSA) is 62.7 Å². The molecule has 1 aliphatic heterocycles. The van der Waals surface area contributed by atoms with Gasteiger partial charge in [-0.25, -0.2) is 0 Å². The zero-order valence-corrected chi connectivity index (χ0v) is 12.2. The van der Waals surface area contributed by atoms with Crippen molar-refractivity contribution < 1.29 is 9.53 Å². The summed E-state index contributed by atoms with van der Waals surface area (Å²) in [6.07, 6.45) is 2.18. The van der Waals surface area contributed by atoms with Gasteiger partial charge in [0.25, 0.3) is 0 Å². The maximum atomic E-state index is 11.7. The molecule has 0 aromatic carbocycles. The lowest BCUT2D eigenvalue weighted by molar-refractivity contribution is -0.122. The van der Waals surface area contributed by atoms with Crippen molar-refractivity contribution in [3.63, 3.8) is 0 Å². The molecular formula is C12H23N3O2S. The number of hydrogen-bond donors (Lipinski definition) is 2.